The van der Waals surface area contributed by atoms with Crippen molar-refractivity contribution < 1.29 is 43.8 Å². The molecule has 80 heavy (non-hydrogen) atoms. The third kappa shape index (κ3) is 24.3. The molecule has 4 aromatic rings. The number of nitrogen functional groups attached to an aromatic ring is 1. The molecule has 0 radical (unpaired) electrons. The average molecular weight is 1300 g/mol. The van der Waals surface area contributed by atoms with E-state index in [9.17, 15) is 19.2 Å². The predicted octanol–water partition coefficient (Wildman–Crippen LogP) is 9.92. The van der Waals surface area contributed by atoms with Crippen LogP contribution in [-0.4, -0.2) is 114 Å². The second-order valence-electron chi connectivity index (χ2n) is 20.8. The SMILES string of the molecule is CC.CC(Br)C(=O)Nc1ccc2c(n1)CN(C1CC1)C2.CC(Br)C(=O)O.CC(C)(C)OC(=O)OC(N)=O.Cl.Clc1ccc2c(n1)CN(C1CC1)C2.Clc1ccc2c(n1)CNC2.Nc1ccc2c(n1)CN(C1CC1)C2.OB(O)C1CC1. The zero-order valence-corrected chi connectivity index (χ0v) is 52.0. The van der Waals surface area contributed by atoms with E-state index in [0.29, 0.717) is 21.9 Å². The Morgan fingerprint density at radius 3 is 1.50 bits per heavy atom. The third-order valence-electron chi connectivity index (χ3n) is 12.8. The maximum atomic E-state index is 11.6. The Kier molecular flexibility index (Phi) is 27.8. The van der Waals surface area contributed by atoms with Gasteiger partial charge in [0.15, 0.2) is 0 Å². The first-order chi connectivity index (χ1) is 37.4. The molecule has 8 aliphatic rings. The van der Waals surface area contributed by atoms with Crippen LogP contribution >= 0.6 is 67.5 Å². The molecule has 0 saturated heterocycles. The minimum absolute atomic E-state index is 0. The number of hydrogen-bond donors (Lipinski definition) is 7. The molecule has 2 atom stereocenters. The van der Waals surface area contributed by atoms with Crippen molar-refractivity contribution in [1.29, 1.82) is 0 Å². The number of carboxylic acid groups (broad SMARTS) is 1. The molecule has 0 bridgehead atoms. The van der Waals surface area contributed by atoms with Crippen LogP contribution in [0.25, 0.3) is 0 Å². The number of alkyl halides is 2. The molecule has 0 spiro atoms. The summed E-state index contributed by atoms with van der Waals surface area (Å²) in [5.74, 6) is 0.638. The van der Waals surface area contributed by atoms with E-state index in [4.69, 9.17) is 44.1 Å². The monoisotopic (exact) mass is 1300 g/mol. The minimum atomic E-state index is -1.17. The van der Waals surface area contributed by atoms with Crippen molar-refractivity contribution in [1.82, 2.24) is 40.0 Å². The second-order valence-corrected chi connectivity index (χ2v) is 24.4. The molecule has 2 amide bonds. The molecule has 9 N–H and O–H groups in total. The van der Waals surface area contributed by atoms with Gasteiger partial charge in [-0.05, 0) is 125 Å². The van der Waals surface area contributed by atoms with Crippen molar-refractivity contribution in [3.05, 3.63) is 104 Å². The summed E-state index contributed by atoms with van der Waals surface area (Å²) in [7, 11) is -1.04. The highest BCUT2D eigenvalue weighted by Crippen LogP contribution is 2.38. The second kappa shape index (κ2) is 32.5. The van der Waals surface area contributed by atoms with Gasteiger partial charge in [0.25, 0.3) is 0 Å². The van der Waals surface area contributed by atoms with E-state index in [1.165, 1.54) is 72.2 Å². The lowest BCUT2D eigenvalue weighted by atomic mass is 9.84. The standard InChI is InChI=1S/C13H16BrN3O.C10H11ClN2.C10H13N3.C7H7ClN2.C6H11NO4.C3H7BO2.C3H5BrO2.C2H6.ClH/c1-8(14)13(18)16-12-5-2-9-6-17(10-3-4-10)7-11(9)15-12;2*11-10-4-1-7-5-13(8-2-3-8)6-9(7)12-10;8-7-2-1-5-3-9-4-6(5)10-7;1-6(2,3)11-5(9)10-4(7)8;5-4(6)3-1-2-3;1-2(4)3(5)6;1-2;/h2,5,8,10H,3-4,6-7H2,1H3,(H,15,16,18);1,4,8H,2-3,5-6H2;1,4,8H,2-3,5-6H2,(H2,11,12);1-2,9H,3-4H2;1-3H3,(H2,7,8);3,5-6H,1-2H2;2H,1H3,(H,5,6);1-2H3;1H. The summed E-state index contributed by atoms with van der Waals surface area (Å²) in [4.78, 5) is 66.0. The van der Waals surface area contributed by atoms with Crippen molar-refractivity contribution in [3.63, 3.8) is 0 Å². The maximum absolute atomic E-state index is 11.6. The number of pyridine rings is 4. The number of aliphatic carboxylic acids is 1. The van der Waals surface area contributed by atoms with Crippen molar-refractivity contribution in [2.24, 2.45) is 5.73 Å². The lowest BCUT2D eigenvalue weighted by molar-refractivity contribution is -0.135. The van der Waals surface area contributed by atoms with Crippen LogP contribution < -0.4 is 22.1 Å². The van der Waals surface area contributed by atoms with E-state index in [1.54, 1.807) is 34.6 Å². The van der Waals surface area contributed by atoms with E-state index in [2.05, 4.69) is 111 Å². The zero-order chi connectivity index (χ0) is 58.1. The summed E-state index contributed by atoms with van der Waals surface area (Å²) in [5.41, 5.74) is 19.4. The van der Waals surface area contributed by atoms with Crippen LogP contribution in [0.1, 0.15) is 145 Å². The summed E-state index contributed by atoms with van der Waals surface area (Å²) in [5, 5.41) is 31.7. The molecule has 4 aliphatic heterocycles. The number of aromatic nitrogens is 4. The highest BCUT2D eigenvalue weighted by molar-refractivity contribution is 9.10. The summed E-state index contributed by atoms with van der Waals surface area (Å²) < 4.78 is 8.49. The van der Waals surface area contributed by atoms with Crippen LogP contribution in [0.3, 0.4) is 0 Å². The predicted molar refractivity (Wildman–Crippen MR) is 320 cm³/mol. The topological polar surface area (TPSA) is 285 Å². The van der Waals surface area contributed by atoms with E-state index < -0.39 is 35.8 Å². The van der Waals surface area contributed by atoms with Crippen LogP contribution in [0.5, 0.6) is 0 Å². The highest BCUT2D eigenvalue weighted by Gasteiger charge is 2.36. The summed E-state index contributed by atoms with van der Waals surface area (Å²) in [6, 6.07) is 18.2. The maximum Gasteiger partial charge on any atom is 0.517 e. The van der Waals surface area contributed by atoms with Gasteiger partial charge in [0.1, 0.15) is 32.4 Å². The van der Waals surface area contributed by atoms with Gasteiger partial charge in [-0.15, -0.1) is 12.4 Å². The van der Waals surface area contributed by atoms with Crippen LogP contribution in [0.2, 0.25) is 16.1 Å². The Labute approximate surface area is 503 Å². The quantitative estimate of drug-likeness (QED) is 0.0298. The number of anilines is 2. The molecular formula is C54H77BBr2Cl3N11O9. The first-order valence-electron chi connectivity index (χ1n) is 26.7. The fourth-order valence-corrected chi connectivity index (χ4v) is 8.54. The molecule has 8 heterocycles. The Hall–Kier alpha value is -4.27. The molecule has 12 rings (SSSR count). The molecule has 20 nitrogen and oxygen atoms in total. The fraction of sp³-hybridized carbons (Fsp3) is 0.556. The van der Waals surface area contributed by atoms with Crippen LogP contribution in [0.15, 0.2) is 48.5 Å². The molecule has 4 aliphatic carbocycles. The van der Waals surface area contributed by atoms with Crippen LogP contribution in [0.4, 0.5) is 21.2 Å². The Balaban J connectivity index is 0.000000205. The number of nitrogens with one attached hydrogen (secondary N) is 2. The number of rotatable bonds is 7. The van der Waals surface area contributed by atoms with Gasteiger partial charge >= 0.3 is 25.3 Å². The number of amides is 2. The number of carbonyl (C=O) groups is 4. The van der Waals surface area contributed by atoms with Gasteiger partial charge in [-0.2, -0.15) is 0 Å². The number of hydrogen-bond acceptors (Lipinski definition) is 17. The smallest absolute Gasteiger partial charge is 0.480 e. The van der Waals surface area contributed by atoms with E-state index in [0.717, 1.165) is 94.7 Å². The summed E-state index contributed by atoms with van der Waals surface area (Å²) in [6.45, 7) is 20.2. The van der Waals surface area contributed by atoms with Crippen molar-refractivity contribution in [2.45, 2.75) is 191 Å². The molecule has 4 fully saturated rings. The first-order valence-corrected chi connectivity index (χ1v) is 29.3. The summed E-state index contributed by atoms with van der Waals surface area (Å²) in [6.07, 6.45) is 7.84. The average Bonchev–Trinajstić information content (AvgIpc) is 4.21. The molecule has 26 heteroatoms. The zero-order valence-electron chi connectivity index (χ0n) is 46.5. The molecule has 4 aromatic heterocycles. The highest BCUT2D eigenvalue weighted by atomic mass is 79.9. The van der Waals surface area contributed by atoms with E-state index >= 15 is 0 Å². The van der Waals surface area contributed by atoms with Gasteiger partial charge in [-0.1, -0.05) is 106 Å². The van der Waals surface area contributed by atoms with Gasteiger partial charge in [-0.25, -0.2) is 29.5 Å². The number of carbonyl (C=O) groups excluding carboxylic acids is 3. The first kappa shape index (κ1) is 68.2. The molecular weight excluding hydrogens is 1220 g/mol. The number of carboxylic acids is 1. The van der Waals surface area contributed by atoms with E-state index in [-0.39, 0.29) is 29.0 Å². The van der Waals surface area contributed by atoms with Crippen molar-refractivity contribution >= 4 is 110 Å². The fourth-order valence-electron chi connectivity index (χ4n) is 8.09. The minimum Gasteiger partial charge on any atom is -0.480 e. The van der Waals surface area contributed by atoms with Crippen LogP contribution in [0, 0.1) is 0 Å². The van der Waals surface area contributed by atoms with Gasteiger partial charge in [0.2, 0.25) is 5.91 Å². The number of ether oxygens (including phenoxy) is 2. The van der Waals surface area contributed by atoms with Gasteiger partial charge in [-0.3, -0.25) is 24.3 Å². The lowest BCUT2D eigenvalue weighted by Crippen LogP contribution is -2.27. The summed E-state index contributed by atoms with van der Waals surface area (Å²) >= 11 is 17.6. The molecule has 2 unspecified atom stereocenters. The third-order valence-corrected chi connectivity index (χ3v) is 14.0. The molecule has 4 saturated carbocycles. The molecule has 440 valence electrons. The number of nitrogens with two attached hydrogens (primary N) is 2. The number of halogens is 5. The normalized spacial score (nSPS) is 17.8. The number of nitrogens with zero attached hydrogens (tertiary/aromatic N) is 7. The lowest BCUT2D eigenvalue weighted by Gasteiger charge is -2.17. The number of primary amides is 1. The van der Waals surface area contributed by atoms with Crippen molar-refractivity contribution in [2.75, 3.05) is 11.1 Å². The Bertz CT molecular complexity index is 2610. The van der Waals surface area contributed by atoms with Crippen molar-refractivity contribution in [3.8, 4) is 0 Å². The Morgan fingerprint density at radius 2 is 1.10 bits per heavy atom. The largest absolute Gasteiger partial charge is 0.517 e. The van der Waals surface area contributed by atoms with Gasteiger partial charge < -0.3 is 46.7 Å². The number of fused-ring (bicyclic) bond motifs is 4. The van der Waals surface area contributed by atoms with Gasteiger partial charge in [0, 0.05) is 70.5 Å². The Morgan fingerprint density at radius 1 is 0.675 bits per heavy atom. The van der Waals surface area contributed by atoms with Gasteiger partial charge in [0.05, 0.1) is 27.6 Å². The molecule has 0 aromatic carbocycles. The van der Waals surface area contributed by atoms with Crippen LogP contribution in [-0.2, 0) is 71.4 Å². The van der Waals surface area contributed by atoms with E-state index in [1.807, 2.05) is 44.2 Å².